The molecule has 0 fully saturated rings. The first-order chi connectivity index (χ1) is 13.7. The Bertz CT molecular complexity index is 772. The smallest absolute Gasteiger partial charge is 0.177 e. The minimum Gasteiger partial charge on any atom is -0.485 e. The highest BCUT2D eigenvalue weighted by Crippen LogP contribution is 2.28. The van der Waals surface area contributed by atoms with Gasteiger partial charge in [-0.1, -0.05) is 62.4 Å². The molecule has 4 atom stereocenters. The van der Waals surface area contributed by atoms with E-state index >= 15 is 0 Å². The predicted molar refractivity (Wildman–Crippen MR) is 117 cm³/mol. The van der Waals surface area contributed by atoms with Crippen LogP contribution in [-0.2, 0) is 4.79 Å². The van der Waals surface area contributed by atoms with Crippen LogP contribution >= 0.6 is 0 Å². The van der Waals surface area contributed by atoms with E-state index in [1.807, 2.05) is 76.2 Å². The number of rotatable bonds is 10. The number of ether oxygens (including phenoxy) is 1. The molecule has 0 aromatic heterocycles. The zero-order chi connectivity index (χ0) is 21.6. The molecule has 2 aromatic rings. The van der Waals surface area contributed by atoms with Gasteiger partial charge < -0.3 is 21.3 Å². The Kier molecular flexibility index (Phi) is 8.38. The third-order valence-corrected chi connectivity index (χ3v) is 5.50. The number of nitrogens with two attached hydrogens (primary N) is 2. The molecule has 0 aliphatic carbocycles. The number of benzene rings is 2. The number of aliphatic hydroxyl groups is 1. The Morgan fingerprint density at radius 3 is 2.14 bits per heavy atom. The van der Waals surface area contributed by atoms with E-state index in [9.17, 15) is 9.90 Å². The molecule has 0 bridgehead atoms. The summed E-state index contributed by atoms with van der Waals surface area (Å²) in [6.07, 6.45) is -0.644. The van der Waals surface area contributed by atoms with Gasteiger partial charge in [0, 0.05) is 12.1 Å². The maximum atomic E-state index is 13.1. The van der Waals surface area contributed by atoms with E-state index in [0.717, 1.165) is 16.7 Å². The van der Waals surface area contributed by atoms with Crippen molar-refractivity contribution in [2.24, 2.45) is 23.3 Å². The average molecular weight is 399 g/mol. The summed E-state index contributed by atoms with van der Waals surface area (Å²) in [7, 11) is 0. The van der Waals surface area contributed by atoms with Crippen LogP contribution in [0.2, 0.25) is 0 Å². The number of Topliss-reactive ketones (excluding diaryl/α,β-unsaturated/α-hetero) is 1. The summed E-state index contributed by atoms with van der Waals surface area (Å²) in [5.74, 6) is -0.139. The molecule has 2 rings (SSSR count). The Morgan fingerprint density at radius 1 is 1.00 bits per heavy atom. The van der Waals surface area contributed by atoms with E-state index in [1.165, 1.54) is 0 Å². The molecule has 29 heavy (non-hydrogen) atoms. The molecule has 0 saturated heterocycles. The second kappa shape index (κ2) is 10.5. The Hall–Kier alpha value is -2.21. The summed E-state index contributed by atoms with van der Waals surface area (Å²) < 4.78 is 5.85. The van der Waals surface area contributed by atoms with Crippen LogP contribution in [-0.4, -0.2) is 29.6 Å². The minimum absolute atomic E-state index is 0.148. The number of carbonyl (C=O) groups excluding carboxylic acids is 1. The summed E-state index contributed by atoms with van der Waals surface area (Å²) in [5.41, 5.74) is 15.3. The lowest BCUT2D eigenvalue weighted by Gasteiger charge is -2.30. The van der Waals surface area contributed by atoms with Crippen molar-refractivity contribution in [2.45, 2.75) is 52.3 Å². The fourth-order valence-corrected chi connectivity index (χ4v) is 3.50. The molecule has 0 aliphatic rings. The van der Waals surface area contributed by atoms with Crippen LogP contribution in [0.3, 0.4) is 0 Å². The third kappa shape index (κ3) is 6.13. The van der Waals surface area contributed by atoms with Crippen molar-refractivity contribution >= 4 is 5.78 Å². The zero-order valence-electron chi connectivity index (χ0n) is 17.8. The van der Waals surface area contributed by atoms with Gasteiger partial charge in [0.15, 0.2) is 5.78 Å². The number of aliphatic hydroxyl groups excluding tert-OH is 1. The standard InChI is InChI=1S/C24H34N2O3/c1-15(2)19(25)13-20(27)22(23(26)18-11-6-5-7-12-18)21(28)14-29-24-16(3)9-8-10-17(24)4/h5-12,15,19-20,22-23,27H,13-14,25-26H2,1-4H3/t19-,20-,22-,23?/m0/s1. The Balaban J connectivity index is 2.22. The fraction of sp³-hybridized carbons (Fsp3) is 0.458. The van der Waals surface area contributed by atoms with Gasteiger partial charge >= 0.3 is 0 Å². The monoisotopic (exact) mass is 398 g/mol. The van der Waals surface area contributed by atoms with E-state index in [-0.39, 0.29) is 24.3 Å². The molecule has 5 N–H and O–H groups in total. The molecule has 0 aliphatic heterocycles. The summed E-state index contributed by atoms with van der Waals surface area (Å²) in [6.45, 7) is 7.72. The summed E-state index contributed by atoms with van der Waals surface area (Å²) in [4.78, 5) is 13.1. The first kappa shape index (κ1) is 23.1. The zero-order valence-corrected chi connectivity index (χ0v) is 17.8. The number of carbonyl (C=O) groups is 1. The van der Waals surface area contributed by atoms with Crippen molar-refractivity contribution in [1.82, 2.24) is 0 Å². The highest BCUT2D eigenvalue weighted by atomic mass is 16.5. The van der Waals surface area contributed by atoms with Crippen molar-refractivity contribution in [3.63, 3.8) is 0 Å². The van der Waals surface area contributed by atoms with Crippen LogP contribution in [0.15, 0.2) is 48.5 Å². The average Bonchev–Trinajstić information content (AvgIpc) is 2.68. The Labute approximate surface area is 174 Å². The van der Waals surface area contributed by atoms with Gasteiger partial charge in [-0.15, -0.1) is 0 Å². The van der Waals surface area contributed by atoms with Crippen LogP contribution in [0.5, 0.6) is 5.75 Å². The largest absolute Gasteiger partial charge is 0.485 e. The first-order valence-corrected chi connectivity index (χ1v) is 10.2. The van der Waals surface area contributed by atoms with Gasteiger partial charge in [-0.2, -0.15) is 0 Å². The molecular weight excluding hydrogens is 364 g/mol. The van der Waals surface area contributed by atoms with Crippen LogP contribution < -0.4 is 16.2 Å². The minimum atomic E-state index is -0.948. The van der Waals surface area contributed by atoms with E-state index in [0.29, 0.717) is 12.2 Å². The molecular formula is C24H34N2O3. The van der Waals surface area contributed by atoms with Crippen LogP contribution in [0.25, 0.3) is 0 Å². The molecule has 0 spiro atoms. The van der Waals surface area contributed by atoms with Crippen molar-refractivity contribution in [3.05, 3.63) is 65.2 Å². The van der Waals surface area contributed by atoms with Crippen molar-refractivity contribution in [2.75, 3.05) is 6.61 Å². The summed E-state index contributed by atoms with van der Waals surface area (Å²) in [6, 6.07) is 14.3. The molecule has 158 valence electrons. The maximum Gasteiger partial charge on any atom is 0.177 e. The van der Waals surface area contributed by atoms with Crippen molar-refractivity contribution in [3.8, 4) is 5.75 Å². The first-order valence-electron chi connectivity index (χ1n) is 10.2. The van der Waals surface area contributed by atoms with Gasteiger partial charge in [0.1, 0.15) is 12.4 Å². The fourth-order valence-electron chi connectivity index (χ4n) is 3.50. The third-order valence-electron chi connectivity index (χ3n) is 5.50. The summed E-state index contributed by atoms with van der Waals surface area (Å²) in [5, 5.41) is 10.9. The van der Waals surface area contributed by atoms with E-state index < -0.39 is 18.1 Å². The van der Waals surface area contributed by atoms with Crippen LogP contribution in [0.4, 0.5) is 0 Å². The molecule has 0 amide bonds. The molecule has 2 aromatic carbocycles. The van der Waals surface area contributed by atoms with Gasteiger partial charge in [-0.05, 0) is 42.9 Å². The van der Waals surface area contributed by atoms with Crippen LogP contribution in [0.1, 0.15) is 43.0 Å². The normalized spacial score (nSPS) is 15.6. The molecule has 0 saturated carbocycles. The number of hydrogen-bond donors (Lipinski definition) is 3. The number of hydrogen-bond acceptors (Lipinski definition) is 5. The number of aryl methyl sites for hydroxylation is 2. The van der Waals surface area contributed by atoms with Gasteiger partial charge in [0.05, 0.1) is 12.0 Å². The van der Waals surface area contributed by atoms with Gasteiger partial charge in [-0.3, -0.25) is 4.79 Å². The highest BCUT2D eigenvalue weighted by Gasteiger charge is 2.35. The second-order valence-electron chi connectivity index (χ2n) is 8.15. The van der Waals surface area contributed by atoms with Crippen molar-refractivity contribution in [1.29, 1.82) is 0 Å². The van der Waals surface area contributed by atoms with E-state index in [4.69, 9.17) is 16.2 Å². The quantitative estimate of drug-likeness (QED) is 0.570. The lowest BCUT2D eigenvalue weighted by molar-refractivity contribution is -0.129. The van der Waals surface area contributed by atoms with E-state index in [2.05, 4.69) is 0 Å². The Morgan fingerprint density at radius 2 is 1.59 bits per heavy atom. The lowest BCUT2D eigenvalue weighted by atomic mass is 9.82. The van der Waals surface area contributed by atoms with Gasteiger partial charge in [0.25, 0.3) is 0 Å². The number of ketones is 1. The lowest BCUT2D eigenvalue weighted by Crippen LogP contribution is -2.43. The summed E-state index contributed by atoms with van der Waals surface area (Å²) >= 11 is 0. The number of para-hydroxylation sites is 1. The van der Waals surface area contributed by atoms with Crippen LogP contribution in [0, 0.1) is 25.7 Å². The maximum absolute atomic E-state index is 13.1. The molecule has 5 nitrogen and oxygen atoms in total. The topological polar surface area (TPSA) is 98.6 Å². The molecule has 5 heteroatoms. The van der Waals surface area contributed by atoms with Crippen molar-refractivity contribution < 1.29 is 14.6 Å². The highest BCUT2D eigenvalue weighted by molar-refractivity contribution is 5.84. The molecule has 0 radical (unpaired) electrons. The van der Waals surface area contributed by atoms with E-state index in [1.54, 1.807) is 0 Å². The predicted octanol–water partition coefficient (Wildman–Crippen LogP) is 3.30. The van der Waals surface area contributed by atoms with Gasteiger partial charge in [-0.25, -0.2) is 0 Å². The second-order valence-corrected chi connectivity index (χ2v) is 8.15. The van der Waals surface area contributed by atoms with Gasteiger partial charge in [0.2, 0.25) is 0 Å². The SMILES string of the molecule is Cc1cccc(C)c1OCC(=O)[C@@H](C(N)c1ccccc1)[C@@H](O)C[C@H](N)C(C)C. The molecule has 0 heterocycles. The molecule has 1 unspecified atom stereocenters.